The van der Waals surface area contributed by atoms with E-state index in [2.05, 4.69) is 20.2 Å². The van der Waals surface area contributed by atoms with Gasteiger partial charge in [-0.1, -0.05) is 0 Å². The Morgan fingerprint density at radius 1 is 1.17 bits per heavy atom. The molecule has 2 N–H and O–H groups in total. The number of nitrogens with zero attached hydrogens (tertiary/aromatic N) is 3. The van der Waals surface area contributed by atoms with Gasteiger partial charge in [0.1, 0.15) is 23.5 Å². The number of carboxylic acids is 1. The highest BCUT2D eigenvalue weighted by Gasteiger charge is 2.42. The second-order valence-electron chi connectivity index (χ2n) is 10.2. The van der Waals surface area contributed by atoms with E-state index in [0.717, 1.165) is 63.5 Å². The number of fused-ring (bicyclic) bond motifs is 1. The number of carboxylic acid groups (broad SMARTS) is 1. The molecule has 1 aromatic rings. The normalized spacial score (nSPS) is 26.5. The molecular formula is C25H28F4N4O2. The van der Waals surface area contributed by atoms with Gasteiger partial charge in [-0.25, -0.2) is 9.37 Å². The SMILES string of the molecule is O=C(O)CC1CCC2(CC1)CCN(c1ccc(C3=NC4C(F)=CC(C(F)(F)F)=CC4N3)cn1)CC2. The van der Waals surface area contributed by atoms with Gasteiger partial charge in [-0.3, -0.25) is 9.79 Å². The first kappa shape index (κ1) is 23.8. The molecule has 35 heavy (non-hydrogen) atoms. The zero-order valence-corrected chi connectivity index (χ0v) is 19.2. The number of halogens is 4. The lowest BCUT2D eigenvalue weighted by molar-refractivity contribution is -0.138. The topological polar surface area (TPSA) is 77.8 Å². The van der Waals surface area contributed by atoms with Gasteiger partial charge in [0, 0.05) is 31.3 Å². The van der Waals surface area contributed by atoms with Crippen LogP contribution in [0.15, 0.2) is 46.9 Å². The number of alkyl halides is 3. The number of hydrogen-bond acceptors (Lipinski definition) is 5. The number of carbonyl (C=O) groups is 1. The fraction of sp³-hybridized carbons (Fsp3) is 0.560. The van der Waals surface area contributed by atoms with Crippen molar-refractivity contribution in [3.63, 3.8) is 0 Å². The van der Waals surface area contributed by atoms with Crippen LogP contribution in [-0.4, -0.2) is 53.2 Å². The molecule has 188 valence electrons. The van der Waals surface area contributed by atoms with E-state index in [4.69, 9.17) is 5.11 Å². The van der Waals surface area contributed by atoms with E-state index in [1.807, 2.05) is 12.1 Å². The standard InChI is InChI=1S/C25H28F4N4O2/c26-18-12-17(25(27,28)29)13-19-22(18)32-23(31-19)16-1-2-20(30-14-16)33-9-7-24(8-10-33)5-3-15(4-6-24)11-21(34)35/h1-2,12-15,19,22H,3-11H2,(H,31,32)(H,34,35). The fourth-order valence-electron chi connectivity index (χ4n) is 5.83. The average molecular weight is 493 g/mol. The minimum absolute atomic E-state index is 0.267. The summed E-state index contributed by atoms with van der Waals surface area (Å²) in [4.78, 5) is 22.0. The Morgan fingerprint density at radius 3 is 2.49 bits per heavy atom. The molecule has 1 spiro atoms. The van der Waals surface area contributed by atoms with Gasteiger partial charge >= 0.3 is 12.1 Å². The molecule has 4 aliphatic rings. The Bertz CT molecular complexity index is 1060. The maximum Gasteiger partial charge on any atom is 0.416 e. The van der Waals surface area contributed by atoms with E-state index >= 15 is 0 Å². The van der Waals surface area contributed by atoms with E-state index in [9.17, 15) is 22.4 Å². The number of hydrogen-bond donors (Lipinski definition) is 2. The van der Waals surface area contributed by atoms with Crippen molar-refractivity contribution < 1.29 is 27.5 Å². The van der Waals surface area contributed by atoms with Gasteiger partial charge in [0.2, 0.25) is 0 Å². The minimum Gasteiger partial charge on any atom is -0.481 e. The number of nitrogens with one attached hydrogen (secondary N) is 1. The highest BCUT2D eigenvalue weighted by molar-refractivity contribution is 6.00. The number of aliphatic imine (C=N–C) groups is 1. The first-order valence-corrected chi connectivity index (χ1v) is 12.1. The van der Waals surface area contributed by atoms with Crippen LogP contribution >= 0.6 is 0 Å². The number of pyridine rings is 1. The molecule has 0 aromatic carbocycles. The number of anilines is 1. The molecule has 1 aromatic heterocycles. The molecule has 5 rings (SSSR count). The van der Waals surface area contributed by atoms with Crippen molar-refractivity contribution in [1.82, 2.24) is 10.3 Å². The molecule has 6 nitrogen and oxygen atoms in total. The maximum absolute atomic E-state index is 14.3. The van der Waals surface area contributed by atoms with Crippen molar-refractivity contribution >= 4 is 17.6 Å². The summed E-state index contributed by atoms with van der Waals surface area (Å²) in [6.07, 6.45) is 4.98. The van der Waals surface area contributed by atoms with Gasteiger partial charge in [0.05, 0.1) is 11.6 Å². The average Bonchev–Trinajstić information content (AvgIpc) is 3.26. The number of piperidine rings is 1. The van der Waals surface area contributed by atoms with Gasteiger partial charge < -0.3 is 15.3 Å². The van der Waals surface area contributed by atoms with Crippen LogP contribution in [0, 0.1) is 11.3 Å². The Hall–Kier alpha value is -2.91. The predicted molar refractivity (Wildman–Crippen MR) is 123 cm³/mol. The molecule has 1 saturated carbocycles. The monoisotopic (exact) mass is 492 g/mol. The van der Waals surface area contributed by atoms with Gasteiger partial charge in [0.25, 0.3) is 0 Å². The largest absolute Gasteiger partial charge is 0.481 e. The third-order valence-electron chi connectivity index (χ3n) is 7.97. The number of aromatic nitrogens is 1. The van der Waals surface area contributed by atoms with Crippen LogP contribution in [-0.2, 0) is 4.79 Å². The van der Waals surface area contributed by atoms with E-state index in [0.29, 0.717) is 28.8 Å². The molecule has 2 fully saturated rings. The molecule has 0 bridgehead atoms. The van der Waals surface area contributed by atoms with Gasteiger partial charge in [-0.05, 0) is 74.1 Å². The lowest BCUT2D eigenvalue weighted by Gasteiger charge is -2.46. The van der Waals surface area contributed by atoms with Gasteiger partial charge in [-0.15, -0.1) is 0 Å². The quantitative estimate of drug-likeness (QED) is 0.592. The smallest absolute Gasteiger partial charge is 0.416 e. The fourth-order valence-corrected chi connectivity index (χ4v) is 5.83. The zero-order chi connectivity index (χ0) is 24.8. The highest BCUT2D eigenvalue weighted by Crippen LogP contribution is 2.47. The molecule has 2 aliphatic carbocycles. The van der Waals surface area contributed by atoms with Crippen LogP contribution in [0.2, 0.25) is 0 Å². The van der Waals surface area contributed by atoms with E-state index in [1.165, 1.54) is 0 Å². The molecule has 10 heteroatoms. The molecular weight excluding hydrogens is 464 g/mol. The van der Waals surface area contributed by atoms with Crippen LogP contribution in [0.4, 0.5) is 23.4 Å². The van der Waals surface area contributed by atoms with Gasteiger partial charge in [0.15, 0.2) is 0 Å². The lowest BCUT2D eigenvalue weighted by Crippen LogP contribution is -2.42. The molecule has 0 amide bonds. The Kier molecular flexibility index (Phi) is 6.09. The van der Waals surface area contributed by atoms with Crippen molar-refractivity contribution in [1.29, 1.82) is 0 Å². The molecule has 1 saturated heterocycles. The highest BCUT2D eigenvalue weighted by atomic mass is 19.4. The second kappa shape index (κ2) is 8.95. The summed E-state index contributed by atoms with van der Waals surface area (Å²) >= 11 is 0. The first-order chi connectivity index (χ1) is 16.6. The summed E-state index contributed by atoms with van der Waals surface area (Å²) in [6.45, 7) is 1.75. The van der Waals surface area contributed by atoms with Crippen molar-refractivity contribution in [3.05, 3.63) is 47.4 Å². The number of allylic oxidation sites excluding steroid dienone is 2. The van der Waals surface area contributed by atoms with E-state index < -0.39 is 35.6 Å². The Balaban J connectivity index is 1.19. The van der Waals surface area contributed by atoms with E-state index in [1.54, 1.807) is 6.20 Å². The van der Waals surface area contributed by atoms with Crippen molar-refractivity contribution in [3.8, 4) is 0 Å². The lowest BCUT2D eigenvalue weighted by atomic mass is 9.65. The molecule has 2 atom stereocenters. The first-order valence-electron chi connectivity index (χ1n) is 12.1. The minimum atomic E-state index is -4.61. The van der Waals surface area contributed by atoms with Crippen LogP contribution in [0.3, 0.4) is 0 Å². The Labute approximate surface area is 200 Å². The summed E-state index contributed by atoms with van der Waals surface area (Å²) in [5.74, 6) is -0.170. The molecule has 2 aliphatic heterocycles. The molecule has 2 unspecified atom stereocenters. The maximum atomic E-state index is 14.3. The van der Waals surface area contributed by atoms with Crippen LogP contribution in [0.1, 0.15) is 50.5 Å². The van der Waals surface area contributed by atoms with Crippen LogP contribution in [0.25, 0.3) is 0 Å². The Morgan fingerprint density at radius 2 is 1.89 bits per heavy atom. The van der Waals surface area contributed by atoms with Crippen LogP contribution in [0.5, 0.6) is 0 Å². The summed E-state index contributed by atoms with van der Waals surface area (Å²) in [5.41, 5.74) is -0.111. The predicted octanol–water partition coefficient (Wildman–Crippen LogP) is 4.78. The number of rotatable bonds is 4. The second-order valence-corrected chi connectivity index (χ2v) is 10.2. The number of amidine groups is 1. The molecule has 3 heterocycles. The van der Waals surface area contributed by atoms with Crippen molar-refractivity contribution in [2.24, 2.45) is 16.3 Å². The summed E-state index contributed by atoms with van der Waals surface area (Å²) in [7, 11) is 0. The third kappa shape index (κ3) is 4.92. The van der Waals surface area contributed by atoms with Gasteiger partial charge in [-0.2, -0.15) is 13.2 Å². The van der Waals surface area contributed by atoms with Crippen LogP contribution < -0.4 is 10.2 Å². The third-order valence-corrected chi connectivity index (χ3v) is 7.97. The zero-order valence-electron chi connectivity index (χ0n) is 19.2. The van der Waals surface area contributed by atoms with Crippen molar-refractivity contribution in [2.75, 3.05) is 18.0 Å². The summed E-state index contributed by atoms with van der Waals surface area (Å²) in [6, 6.07) is 1.80. The van der Waals surface area contributed by atoms with Crippen molar-refractivity contribution in [2.45, 2.75) is 63.2 Å². The summed E-state index contributed by atoms with van der Waals surface area (Å²) < 4.78 is 53.3. The summed E-state index contributed by atoms with van der Waals surface area (Å²) in [5, 5.41) is 11.9. The molecule has 0 radical (unpaired) electrons. The number of aliphatic carboxylic acids is 1. The van der Waals surface area contributed by atoms with E-state index in [-0.39, 0.29) is 6.42 Å².